The van der Waals surface area contributed by atoms with E-state index in [1.54, 1.807) is 6.20 Å². The van der Waals surface area contributed by atoms with Crippen LogP contribution in [0.2, 0.25) is 0 Å². The Morgan fingerprint density at radius 3 is 2.70 bits per heavy atom. The van der Waals surface area contributed by atoms with Crippen molar-refractivity contribution in [1.29, 1.82) is 5.26 Å². The SMILES string of the molecule is C[C@@](C#N)(NC(=O)CN1CCN(c2ccccn2)CC1)C1CC1. The van der Waals surface area contributed by atoms with E-state index in [0.717, 1.165) is 44.8 Å². The molecule has 1 atom stereocenters. The van der Waals surface area contributed by atoms with Crippen molar-refractivity contribution in [2.45, 2.75) is 25.3 Å². The molecule has 2 aliphatic rings. The molecule has 1 saturated heterocycles. The number of nitrogens with zero attached hydrogens (tertiary/aromatic N) is 4. The molecule has 1 aromatic heterocycles. The second-order valence-electron chi connectivity index (χ2n) is 6.59. The van der Waals surface area contributed by atoms with Gasteiger partial charge in [-0.3, -0.25) is 9.69 Å². The Labute approximate surface area is 137 Å². The lowest BCUT2D eigenvalue weighted by Crippen LogP contribution is -2.53. The smallest absolute Gasteiger partial charge is 0.235 e. The maximum absolute atomic E-state index is 12.2. The zero-order valence-corrected chi connectivity index (χ0v) is 13.5. The molecule has 0 bridgehead atoms. The summed E-state index contributed by atoms with van der Waals surface area (Å²) in [7, 11) is 0. The highest BCUT2D eigenvalue weighted by Gasteiger charge is 2.43. The Morgan fingerprint density at radius 1 is 1.39 bits per heavy atom. The van der Waals surface area contributed by atoms with Crippen molar-refractivity contribution in [3.63, 3.8) is 0 Å². The molecule has 2 fully saturated rings. The topological polar surface area (TPSA) is 72.3 Å². The van der Waals surface area contributed by atoms with E-state index in [1.807, 2.05) is 25.1 Å². The summed E-state index contributed by atoms with van der Waals surface area (Å²) < 4.78 is 0. The van der Waals surface area contributed by atoms with Gasteiger partial charge >= 0.3 is 0 Å². The Morgan fingerprint density at radius 2 is 2.13 bits per heavy atom. The third-order valence-corrected chi connectivity index (χ3v) is 4.74. The van der Waals surface area contributed by atoms with Crippen molar-refractivity contribution in [2.24, 2.45) is 5.92 Å². The second kappa shape index (κ2) is 6.55. The molecule has 3 rings (SSSR count). The predicted molar refractivity (Wildman–Crippen MR) is 87.8 cm³/mol. The van der Waals surface area contributed by atoms with Gasteiger partial charge in [-0.15, -0.1) is 0 Å². The zero-order chi connectivity index (χ0) is 16.3. The van der Waals surface area contributed by atoms with E-state index in [1.165, 1.54) is 0 Å². The van der Waals surface area contributed by atoms with E-state index in [0.29, 0.717) is 12.5 Å². The van der Waals surface area contributed by atoms with Crippen LogP contribution in [0, 0.1) is 17.2 Å². The molecule has 6 nitrogen and oxygen atoms in total. The van der Waals surface area contributed by atoms with Crippen LogP contribution in [0.3, 0.4) is 0 Å². The van der Waals surface area contributed by atoms with Crippen LogP contribution in [0.5, 0.6) is 0 Å². The van der Waals surface area contributed by atoms with Crippen LogP contribution in [-0.4, -0.2) is 54.1 Å². The van der Waals surface area contributed by atoms with Gasteiger partial charge in [0.15, 0.2) is 0 Å². The lowest BCUT2D eigenvalue weighted by atomic mass is 9.98. The van der Waals surface area contributed by atoms with Crippen LogP contribution in [-0.2, 0) is 4.79 Å². The van der Waals surface area contributed by atoms with Crippen molar-refractivity contribution < 1.29 is 4.79 Å². The third-order valence-electron chi connectivity index (χ3n) is 4.74. The molecular formula is C17H23N5O. The van der Waals surface area contributed by atoms with Gasteiger partial charge in [0.2, 0.25) is 5.91 Å². The maximum atomic E-state index is 12.2. The van der Waals surface area contributed by atoms with E-state index in [4.69, 9.17) is 0 Å². The summed E-state index contributed by atoms with van der Waals surface area (Å²) in [5.41, 5.74) is -0.702. The van der Waals surface area contributed by atoms with Crippen molar-refractivity contribution >= 4 is 11.7 Å². The molecule has 1 aromatic rings. The second-order valence-corrected chi connectivity index (χ2v) is 6.59. The maximum Gasteiger partial charge on any atom is 0.235 e. The summed E-state index contributed by atoms with van der Waals surface area (Å²) in [6.45, 7) is 5.58. The molecular weight excluding hydrogens is 290 g/mol. The predicted octanol–water partition coefficient (Wildman–Crippen LogP) is 1.01. The van der Waals surface area contributed by atoms with Gasteiger partial charge in [-0.05, 0) is 37.8 Å². The summed E-state index contributed by atoms with van der Waals surface area (Å²) in [6.07, 6.45) is 3.87. The Hall–Kier alpha value is -2.13. The summed E-state index contributed by atoms with van der Waals surface area (Å²) in [6, 6.07) is 8.18. The zero-order valence-electron chi connectivity index (χ0n) is 13.5. The number of aromatic nitrogens is 1. The van der Waals surface area contributed by atoms with Gasteiger partial charge in [-0.25, -0.2) is 4.98 Å². The van der Waals surface area contributed by atoms with E-state index in [9.17, 15) is 10.1 Å². The largest absolute Gasteiger partial charge is 0.354 e. The van der Waals surface area contributed by atoms with E-state index in [-0.39, 0.29) is 5.91 Å². The molecule has 122 valence electrons. The quantitative estimate of drug-likeness (QED) is 0.878. The first kappa shape index (κ1) is 15.8. The molecule has 1 amide bonds. The molecule has 1 aliphatic carbocycles. The van der Waals surface area contributed by atoms with Crippen LogP contribution in [0.1, 0.15) is 19.8 Å². The van der Waals surface area contributed by atoms with Crippen molar-refractivity contribution in [1.82, 2.24) is 15.2 Å². The van der Waals surface area contributed by atoms with Gasteiger partial charge in [-0.2, -0.15) is 5.26 Å². The van der Waals surface area contributed by atoms with Crippen LogP contribution in [0.25, 0.3) is 0 Å². The van der Waals surface area contributed by atoms with Gasteiger partial charge < -0.3 is 10.2 Å². The minimum Gasteiger partial charge on any atom is -0.354 e. The normalized spacial score (nSPS) is 21.3. The fourth-order valence-electron chi connectivity index (χ4n) is 3.09. The minimum atomic E-state index is -0.702. The van der Waals surface area contributed by atoms with Gasteiger partial charge in [0, 0.05) is 32.4 Å². The molecule has 0 spiro atoms. The lowest BCUT2D eigenvalue weighted by Gasteiger charge is -2.35. The first-order valence-electron chi connectivity index (χ1n) is 8.21. The van der Waals surface area contributed by atoms with Crippen molar-refractivity contribution in [3.8, 4) is 6.07 Å². The molecule has 6 heteroatoms. The molecule has 0 unspecified atom stereocenters. The van der Waals surface area contributed by atoms with Crippen LogP contribution < -0.4 is 10.2 Å². The molecule has 0 aromatic carbocycles. The minimum absolute atomic E-state index is 0.0489. The number of nitrogens with one attached hydrogen (secondary N) is 1. The van der Waals surface area contributed by atoms with Crippen LogP contribution in [0.15, 0.2) is 24.4 Å². The first-order valence-corrected chi connectivity index (χ1v) is 8.21. The Bertz CT molecular complexity index is 587. The van der Waals surface area contributed by atoms with Gasteiger partial charge in [-0.1, -0.05) is 6.07 Å². The number of nitriles is 1. The van der Waals surface area contributed by atoms with Gasteiger partial charge in [0.25, 0.3) is 0 Å². The summed E-state index contributed by atoms with van der Waals surface area (Å²) >= 11 is 0. The average molecular weight is 313 g/mol. The van der Waals surface area contributed by atoms with Gasteiger partial charge in [0.1, 0.15) is 11.4 Å². The standard InChI is InChI=1S/C17H23N5O/c1-17(13-18,14-5-6-14)20-16(23)12-21-8-10-22(11-9-21)15-4-2-3-7-19-15/h2-4,7,14H,5-6,8-12H2,1H3,(H,20,23)/t17-/m0/s1. The summed E-state index contributed by atoms with van der Waals surface area (Å²) in [5, 5.41) is 12.2. The monoisotopic (exact) mass is 313 g/mol. The third kappa shape index (κ3) is 3.80. The highest BCUT2D eigenvalue weighted by atomic mass is 16.2. The number of piperazine rings is 1. The molecule has 1 N–H and O–H groups in total. The van der Waals surface area contributed by atoms with E-state index in [2.05, 4.69) is 26.2 Å². The van der Waals surface area contributed by atoms with Crippen molar-refractivity contribution in [3.05, 3.63) is 24.4 Å². The summed E-state index contributed by atoms with van der Waals surface area (Å²) in [5.74, 6) is 1.26. The number of hydrogen-bond acceptors (Lipinski definition) is 5. The molecule has 0 radical (unpaired) electrons. The Balaban J connectivity index is 1.47. The number of carbonyl (C=O) groups excluding carboxylic acids is 1. The molecule has 2 heterocycles. The van der Waals surface area contributed by atoms with E-state index < -0.39 is 5.54 Å². The fourth-order valence-corrected chi connectivity index (χ4v) is 3.09. The average Bonchev–Trinajstić information content (AvgIpc) is 3.41. The number of anilines is 1. The highest BCUT2D eigenvalue weighted by molar-refractivity contribution is 5.79. The van der Waals surface area contributed by atoms with Crippen molar-refractivity contribution in [2.75, 3.05) is 37.6 Å². The molecule has 1 aliphatic heterocycles. The lowest BCUT2D eigenvalue weighted by molar-refractivity contribution is -0.123. The van der Waals surface area contributed by atoms with Crippen LogP contribution >= 0.6 is 0 Å². The number of hydrogen-bond donors (Lipinski definition) is 1. The first-order chi connectivity index (χ1) is 11.1. The number of carbonyl (C=O) groups is 1. The Kier molecular flexibility index (Phi) is 4.49. The molecule has 23 heavy (non-hydrogen) atoms. The summed E-state index contributed by atoms with van der Waals surface area (Å²) in [4.78, 5) is 21.0. The van der Waals surface area contributed by atoms with Crippen LogP contribution in [0.4, 0.5) is 5.82 Å². The highest BCUT2D eigenvalue weighted by Crippen LogP contribution is 2.39. The fraction of sp³-hybridized carbons (Fsp3) is 0.588. The van der Waals surface area contributed by atoms with E-state index >= 15 is 0 Å². The number of amides is 1. The van der Waals surface area contributed by atoms with Gasteiger partial charge in [0.05, 0.1) is 12.6 Å². The number of pyridine rings is 1. The number of rotatable bonds is 5. The molecule has 1 saturated carbocycles.